The monoisotopic (exact) mass is 352 g/mol. The molecule has 3 aliphatic rings. The Morgan fingerprint density at radius 2 is 1.85 bits per heavy atom. The van der Waals surface area contributed by atoms with Crippen LogP contribution in [0.15, 0.2) is 24.3 Å². The lowest BCUT2D eigenvalue weighted by atomic mass is 9.93. The normalized spacial score (nSPS) is 28.8. The van der Waals surface area contributed by atoms with Gasteiger partial charge in [0, 0.05) is 35.9 Å². The first kappa shape index (κ1) is 16.2. The second-order valence-corrected chi connectivity index (χ2v) is 8.31. The molecule has 26 heavy (non-hydrogen) atoms. The molecule has 0 amide bonds. The lowest BCUT2D eigenvalue weighted by molar-refractivity contribution is 0.308. The highest BCUT2D eigenvalue weighted by Crippen LogP contribution is 2.41. The Kier molecular flexibility index (Phi) is 4.15. The topological polar surface area (TPSA) is 58.9 Å². The highest BCUT2D eigenvalue weighted by Gasteiger charge is 2.45. The number of hydrogen-bond donors (Lipinski definition) is 1. The number of aromatic nitrogens is 4. The Labute approximate surface area is 155 Å². The van der Waals surface area contributed by atoms with Crippen molar-refractivity contribution in [2.75, 3.05) is 11.4 Å². The fraction of sp³-hybridized carbons (Fsp3) is 0.650. The largest absolute Gasteiger partial charge is 0.367 e. The van der Waals surface area contributed by atoms with Crippen molar-refractivity contribution in [1.29, 1.82) is 0 Å². The molecular weight excluding hydrogens is 324 g/mol. The van der Waals surface area contributed by atoms with Crippen molar-refractivity contribution in [2.24, 2.45) is 13.0 Å². The summed E-state index contributed by atoms with van der Waals surface area (Å²) >= 11 is 0. The molecule has 0 radical (unpaired) electrons. The van der Waals surface area contributed by atoms with Gasteiger partial charge >= 0.3 is 0 Å². The van der Waals surface area contributed by atoms with E-state index in [4.69, 9.17) is 0 Å². The maximum atomic E-state index is 4.29. The van der Waals surface area contributed by atoms with Crippen LogP contribution < -0.4 is 10.2 Å². The van der Waals surface area contributed by atoms with Crippen LogP contribution in [0.3, 0.4) is 0 Å². The second-order valence-electron chi connectivity index (χ2n) is 8.31. The van der Waals surface area contributed by atoms with E-state index in [-0.39, 0.29) is 0 Å². The number of rotatable bonds is 4. The molecule has 2 saturated carbocycles. The molecule has 3 unspecified atom stereocenters. The van der Waals surface area contributed by atoms with Gasteiger partial charge in [-0.15, -0.1) is 10.2 Å². The van der Waals surface area contributed by atoms with Crippen LogP contribution in [0, 0.1) is 5.92 Å². The zero-order valence-electron chi connectivity index (χ0n) is 15.5. The van der Waals surface area contributed by atoms with E-state index in [0.29, 0.717) is 17.9 Å². The van der Waals surface area contributed by atoms with Crippen LogP contribution in [-0.4, -0.2) is 44.9 Å². The first-order valence-electron chi connectivity index (χ1n) is 10.1. The van der Waals surface area contributed by atoms with E-state index in [0.717, 1.165) is 17.5 Å². The molecule has 2 bridgehead atoms. The first-order valence-corrected chi connectivity index (χ1v) is 10.1. The van der Waals surface area contributed by atoms with Crippen LogP contribution in [0.5, 0.6) is 0 Å². The maximum absolute atomic E-state index is 4.29. The summed E-state index contributed by atoms with van der Waals surface area (Å²) in [5.41, 5.74) is 2.36. The van der Waals surface area contributed by atoms with E-state index < -0.39 is 0 Å². The van der Waals surface area contributed by atoms with Crippen molar-refractivity contribution in [3.8, 4) is 11.4 Å². The molecule has 2 aromatic rings. The Morgan fingerprint density at radius 3 is 2.54 bits per heavy atom. The molecule has 2 aliphatic carbocycles. The summed E-state index contributed by atoms with van der Waals surface area (Å²) in [4.78, 5) is 4.13. The zero-order chi connectivity index (χ0) is 17.5. The highest BCUT2D eigenvalue weighted by atomic mass is 15.6. The van der Waals surface area contributed by atoms with Gasteiger partial charge in [0.2, 0.25) is 5.82 Å². The minimum absolute atomic E-state index is 0.655. The zero-order valence-corrected chi connectivity index (χ0v) is 15.5. The van der Waals surface area contributed by atoms with Gasteiger partial charge in [0.1, 0.15) is 0 Å². The van der Waals surface area contributed by atoms with E-state index in [1.54, 1.807) is 7.05 Å². The lowest BCUT2D eigenvalue weighted by Gasteiger charge is -2.38. The summed E-state index contributed by atoms with van der Waals surface area (Å²) < 4.78 is 0. The van der Waals surface area contributed by atoms with E-state index in [1.165, 1.54) is 62.0 Å². The van der Waals surface area contributed by atoms with Crippen molar-refractivity contribution >= 4 is 5.69 Å². The van der Waals surface area contributed by atoms with Crippen LogP contribution in [0.1, 0.15) is 44.9 Å². The van der Waals surface area contributed by atoms with E-state index in [9.17, 15) is 0 Å². The third-order valence-electron chi connectivity index (χ3n) is 6.50. The molecule has 3 fully saturated rings. The van der Waals surface area contributed by atoms with Gasteiger partial charge in [0.05, 0.1) is 7.05 Å². The molecule has 6 nitrogen and oxygen atoms in total. The van der Waals surface area contributed by atoms with Crippen molar-refractivity contribution in [3.05, 3.63) is 24.3 Å². The molecule has 3 atom stereocenters. The average Bonchev–Trinajstić information content (AvgIpc) is 3.38. The Balaban J connectivity index is 1.29. The Bertz CT molecular complexity index is 748. The molecule has 1 N–H and O–H groups in total. The van der Waals surface area contributed by atoms with Gasteiger partial charge in [-0.05, 0) is 61.1 Å². The number of anilines is 1. The van der Waals surface area contributed by atoms with Crippen LogP contribution in [0.2, 0.25) is 0 Å². The molecule has 5 rings (SSSR count). The number of tetrazole rings is 1. The predicted molar refractivity (Wildman–Crippen MR) is 102 cm³/mol. The maximum Gasteiger partial charge on any atom is 0.204 e. The van der Waals surface area contributed by atoms with Crippen molar-refractivity contribution in [2.45, 2.75) is 63.1 Å². The van der Waals surface area contributed by atoms with Gasteiger partial charge in [-0.25, -0.2) is 0 Å². The molecule has 1 aliphatic heterocycles. The second kappa shape index (κ2) is 6.65. The summed E-state index contributed by atoms with van der Waals surface area (Å²) in [7, 11) is 1.80. The molecule has 6 heteroatoms. The van der Waals surface area contributed by atoms with Crippen LogP contribution >= 0.6 is 0 Å². The summed E-state index contributed by atoms with van der Waals surface area (Å²) in [5, 5.41) is 16.3. The van der Waals surface area contributed by atoms with Crippen LogP contribution in [0.4, 0.5) is 5.69 Å². The molecule has 1 saturated heterocycles. The number of hydrogen-bond acceptors (Lipinski definition) is 5. The number of piperidine rings is 1. The van der Waals surface area contributed by atoms with E-state index >= 15 is 0 Å². The molecule has 0 spiro atoms. The van der Waals surface area contributed by atoms with Gasteiger partial charge in [0.15, 0.2) is 0 Å². The number of benzene rings is 1. The SMILES string of the molecule is Cn1nnc(-c2ccc(N3CC4CC(NC5CCCCC5)C3C4)cc2)n1. The van der Waals surface area contributed by atoms with E-state index in [1.807, 2.05) is 0 Å². The quantitative estimate of drug-likeness (QED) is 0.917. The Hall–Kier alpha value is -1.95. The fourth-order valence-electron chi connectivity index (χ4n) is 5.27. The van der Waals surface area contributed by atoms with Gasteiger partial charge in [0.25, 0.3) is 0 Å². The van der Waals surface area contributed by atoms with Gasteiger partial charge in [-0.2, -0.15) is 4.80 Å². The van der Waals surface area contributed by atoms with Crippen LogP contribution in [-0.2, 0) is 7.05 Å². The minimum Gasteiger partial charge on any atom is -0.367 e. The Morgan fingerprint density at radius 1 is 1.04 bits per heavy atom. The standard InChI is InChI=1S/C20H28N6/c1-25-23-20(22-24-25)15-7-9-17(10-8-15)26-13-14-11-18(19(26)12-14)21-16-5-3-2-4-6-16/h7-10,14,16,18-19,21H,2-6,11-13H2,1H3. The number of nitrogens with zero attached hydrogens (tertiary/aromatic N) is 5. The summed E-state index contributed by atoms with van der Waals surface area (Å²) in [5.74, 6) is 1.54. The summed E-state index contributed by atoms with van der Waals surface area (Å²) in [6.45, 7) is 1.20. The fourth-order valence-corrected chi connectivity index (χ4v) is 5.27. The van der Waals surface area contributed by atoms with Gasteiger partial charge in [-0.1, -0.05) is 19.3 Å². The van der Waals surface area contributed by atoms with Crippen LogP contribution in [0.25, 0.3) is 11.4 Å². The molecular formula is C20H28N6. The number of fused-ring (bicyclic) bond motifs is 2. The van der Waals surface area contributed by atoms with Crippen molar-refractivity contribution in [3.63, 3.8) is 0 Å². The molecule has 2 heterocycles. The summed E-state index contributed by atoms with van der Waals surface area (Å²) in [6, 6.07) is 10.8. The molecule has 1 aromatic carbocycles. The average molecular weight is 352 g/mol. The summed E-state index contributed by atoms with van der Waals surface area (Å²) in [6.07, 6.45) is 9.67. The number of aryl methyl sites for hydroxylation is 1. The van der Waals surface area contributed by atoms with Gasteiger partial charge in [-0.3, -0.25) is 0 Å². The smallest absolute Gasteiger partial charge is 0.204 e. The third-order valence-corrected chi connectivity index (χ3v) is 6.50. The highest BCUT2D eigenvalue weighted by molar-refractivity contribution is 5.61. The molecule has 1 aromatic heterocycles. The minimum atomic E-state index is 0.655. The molecule has 138 valence electrons. The van der Waals surface area contributed by atoms with E-state index in [2.05, 4.69) is 49.9 Å². The lowest BCUT2D eigenvalue weighted by Crippen LogP contribution is -2.51. The van der Waals surface area contributed by atoms with Gasteiger partial charge < -0.3 is 10.2 Å². The third kappa shape index (κ3) is 3.00. The first-order chi connectivity index (χ1) is 12.8. The van der Waals surface area contributed by atoms with Crippen molar-refractivity contribution < 1.29 is 0 Å². The van der Waals surface area contributed by atoms with Crippen molar-refractivity contribution in [1.82, 2.24) is 25.5 Å². The number of nitrogens with one attached hydrogen (secondary N) is 1. The predicted octanol–water partition coefficient (Wildman–Crippen LogP) is 2.77.